The molecular formula is C13H24O5P+. The average Bonchev–Trinajstić information content (AvgIpc) is 2.20. The van der Waals surface area contributed by atoms with E-state index in [1.54, 1.807) is 0 Å². The van der Waals surface area contributed by atoms with Crippen molar-refractivity contribution in [2.75, 3.05) is 13.2 Å². The number of allylic oxidation sites excluding steroid dienone is 1. The third-order valence-corrected chi connectivity index (χ3v) is 3.48. The highest BCUT2D eigenvalue weighted by Crippen LogP contribution is 2.41. The summed E-state index contributed by atoms with van der Waals surface area (Å²) in [5, 5.41) is 0. The zero-order chi connectivity index (χ0) is 15.3. The molecule has 0 amide bonds. The summed E-state index contributed by atoms with van der Waals surface area (Å²) in [6.45, 7) is 11.5. The Morgan fingerprint density at radius 2 is 1.74 bits per heavy atom. The SMILES string of the molecule is CC(C)=CC(C)(C(=O)OCCO[P+](=O)O)C(C)(C)C. The van der Waals surface area contributed by atoms with Gasteiger partial charge in [0, 0.05) is 4.57 Å². The van der Waals surface area contributed by atoms with Crippen LogP contribution in [0.1, 0.15) is 41.5 Å². The van der Waals surface area contributed by atoms with Gasteiger partial charge in [-0.3, -0.25) is 4.79 Å². The third kappa shape index (κ3) is 5.81. The van der Waals surface area contributed by atoms with Crippen molar-refractivity contribution >= 4 is 14.2 Å². The van der Waals surface area contributed by atoms with E-state index < -0.39 is 13.7 Å². The van der Waals surface area contributed by atoms with Crippen molar-refractivity contribution in [3.63, 3.8) is 0 Å². The summed E-state index contributed by atoms with van der Waals surface area (Å²) in [6, 6.07) is 0. The van der Waals surface area contributed by atoms with Crippen molar-refractivity contribution in [2.45, 2.75) is 41.5 Å². The van der Waals surface area contributed by atoms with Gasteiger partial charge in [0.2, 0.25) is 0 Å². The Kier molecular flexibility index (Phi) is 6.84. The molecule has 110 valence electrons. The van der Waals surface area contributed by atoms with E-state index in [1.807, 2.05) is 47.6 Å². The number of carbonyl (C=O) groups excluding carboxylic acids is 1. The molecule has 1 N–H and O–H groups in total. The number of ether oxygens (including phenoxy) is 1. The third-order valence-electron chi connectivity index (χ3n) is 3.08. The van der Waals surface area contributed by atoms with Crippen LogP contribution in [0, 0.1) is 10.8 Å². The van der Waals surface area contributed by atoms with Gasteiger partial charge in [-0.1, -0.05) is 32.4 Å². The molecule has 19 heavy (non-hydrogen) atoms. The van der Waals surface area contributed by atoms with Crippen molar-refractivity contribution in [1.29, 1.82) is 0 Å². The van der Waals surface area contributed by atoms with E-state index in [0.29, 0.717) is 0 Å². The van der Waals surface area contributed by atoms with Crippen LogP contribution in [0.15, 0.2) is 11.6 Å². The minimum atomic E-state index is -2.65. The Hall–Kier alpha value is -0.770. The summed E-state index contributed by atoms with van der Waals surface area (Å²) >= 11 is 0. The predicted molar refractivity (Wildman–Crippen MR) is 73.7 cm³/mol. The zero-order valence-corrected chi connectivity index (χ0v) is 13.4. The van der Waals surface area contributed by atoms with Crippen molar-refractivity contribution < 1.29 is 23.5 Å². The van der Waals surface area contributed by atoms with Gasteiger partial charge in [-0.15, -0.1) is 9.42 Å². The smallest absolute Gasteiger partial charge is 0.462 e. The van der Waals surface area contributed by atoms with Crippen LogP contribution >= 0.6 is 8.25 Å². The first kappa shape index (κ1) is 18.2. The molecule has 0 aliphatic heterocycles. The quantitative estimate of drug-likeness (QED) is 0.352. The number of hydrogen-bond donors (Lipinski definition) is 1. The van der Waals surface area contributed by atoms with E-state index in [0.717, 1.165) is 5.57 Å². The summed E-state index contributed by atoms with van der Waals surface area (Å²) in [5.74, 6) is -0.363. The first-order chi connectivity index (χ1) is 8.50. The van der Waals surface area contributed by atoms with Crippen LogP contribution in [0.25, 0.3) is 0 Å². The van der Waals surface area contributed by atoms with E-state index in [9.17, 15) is 9.36 Å². The molecule has 0 aromatic heterocycles. The lowest BCUT2D eigenvalue weighted by molar-refractivity contribution is -0.158. The Bertz CT molecular complexity index is 366. The van der Waals surface area contributed by atoms with Gasteiger partial charge in [0.25, 0.3) is 0 Å². The highest BCUT2D eigenvalue weighted by molar-refractivity contribution is 7.32. The molecule has 0 aromatic rings. The summed E-state index contributed by atoms with van der Waals surface area (Å²) in [6.07, 6.45) is 1.89. The van der Waals surface area contributed by atoms with E-state index in [2.05, 4.69) is 4.52 Å². The van der Waals surface area contributed by atoms with E-state index in [4.69, 9.17) is 9.63 Å². The lowest BCUT2D eigenvalue weighted by atomic mass is 9.67. The Labute approximate surface area is 115 Å². The van der Waals surface area contributed by atoms with E-state index in [1.165, 1.54) is 0 Å². The molecule has 0 aliphatic rings. The van der Waals surface area contributed by atoms with Crippen molar-refractivity contribution in [3.8, 4) is 0 Å². The average molecular weight is 291 g/mol. The molecule has 0 fully saturated rings. The maximum Gasteiger partial charge on any atom is 0.694 e. The van der Waals surface area contributed by atoms with Gasteiger partial charge in [0.15, 0.2) is 0 Å². The molecule has 0 aromatic carbocycles. The van der Waals surface area contributed by atoms with Gasteiger partial charge < -0.3 is 4.74 Å². The fourth-order valence-corrected chi connectivity index (χ4v) is 1.79. The molecule has 2 atom stereocenters. The molecule has 6 heteroatoms. The van der Waals surface area contributed by atoms with Gasteiger partial charge in [-0.05, 0) is 26.2 Å². The van der Waals surface area contributed by atoms with Crippen LogP contribution in [0.2, 0.25) is 0 Å². The van der Waals surface area contributed by atoms with Crippen LogP contribution in [0.4, 0.5) is 0 Å². The van der Waals surface area contributed by atoms with Gasteiger partial charge in [-0.25, -0.2) is 0 Å². The second kappa shape index (κ2) is 7.13. The summed E-state index contributed by atoms with van der Waals surface area (Å²) in [7, 11) is -2.65. The number of hydrogen-bond acceptors (Lipinski definition) is 4. The molecule has 5 nitrogen and oxygen atoms in total. The van der Waals surface area contributed by atoms with Gasteiger partial charge in [0.05, 0.1) is 5.41 Å². The van der Waals surface area contributed by atoms with Gasteiger partial charge in [0.1, 0.15) is 13.2 Å². The van der Waals surface area contributed by atoms with Crippen LogP contribution < -0.4 is 0 Å². The summed E-state index contributed by atoms with van der Waals surface area (Å²) in [4.78, 5) is 20.7. The largest absolute Gasteiger partial charge is 0.694 e. The van der Waals surface area contributed by atoms with Crippen molar-refractivity contribution in [2.24, 2.45) is 10.8 Å². The Morgan fingerprint density at radius 3 is 2.11 bits per heavy atom. The zero-order valence-electron chi connectivity index (χ0n) is 12.5. The first-order valence-electron chi connectivity index (χ1n) is 6.13. The molecule has 0 radical (unpaired) electrons. The molecular weight excluding hydrogens is 267 g/mol. The lowest BCUT2D eigenvalue weighted by Gasteiger charge is -2.37. The monoisotopic (exact) mass is 291 g/mol. The topological polar surface area (TPSA) is 72.8 Å². The van der Waals surface area contributed by atoms with Gasteiger partial charge in [-0.2, -0.15) is 0 Å². The Morgan fingerprint density at radius 1 is 1.21 bits per heavy atom. The van der Waals surface area contributed by atoms with Crippen LogP contribution in [-0.2, 0) is 18.6 Å². The van der Waals surface area contributed by atoms with Crippen molar-refractivity contribution in [3.05, 3.63) is 11.6 Å². The molecule has 0 bridgehead atoms. The maximum absolute atomic E-state index is 12.2. The predicted octanol–water partition coefficient (Wildman–Crippen LogP) is 3.21. The normalized spacial score (nSPS) is 15.4. The maximum atomic E-state index is 12.2. The molecule has 0 heterocycles. The summed E-state index contributed by atoms with van der Waals surface area (Å²) < 4.78 is 19.9. The van der Waals surface area contributed by atoms with Crippen LogP contribution in [-0.4, -0.2) is 24.1 Å². The molecule has 0 saturated carbocycles. The minimum absolute atomic E-state index is 0.0389. The second-order valence-corrected chi connectivity index (χ2v) is 6.61. The molecule has 0 aliphatic carbocycles. The number of carbonyl (C=O) groups is 1. The standard InChI is InChI=1S/C13H23O5P/c1-10(2)9-13(6,12(3,4)5)11(14)17-7-8-18-19(15)16/h9H,7-8H2,1-6H3/p+1. The summed E-state index contributed by atoms with van der Waals surface area (Å²) in [5.41, 5.74) is -0.0264. The molecule has 0 saturated heterocycles. The fourth-order valence-electron chi connectivity index (χ4n) is 1.56. The van der Waals surface area contributed by atoms with Gasteiger partial charge >= 0.3 is 14.2 Å². The van der Waals surface area contributed by atoms with E-state index in [-0.39, 0.29) is 24.6 Å². The molecule has 2 unspecified atom stereocenters. The fraction of sp³-hybridized carbons (Fsp3) is 0.769. The van der Waals surface area contributed by atoms with Crippen LogP contribution in [0.3, 0.4) is 0 Å². The first-order valence-corrected chi connectivity index (χ1v) is 7.26. The lowest BCUT2D eigenvalue weighted by Crippen LogP contribution is -2.40. The minimum Gasteiger partial charge on any atom is -0.462 e. The highest BCUT2D eigenvalue weighted by atomic mass is 31.1. The van der Waals surface area contributed by atoms with Crippen molar-refractivity contribution in [1.82, 2.24) is 0 Å². The van der Waals surface area contributed by atoms with E-state index >= 15 is 0 Å². The second-order valence-electron chi connectivity index (χ2n) is 5.88. The highest BCUT2D eigenvalue weighted by Gasteiger charge is 2.43. The van der Waals surface area contributed by atoms with Crippen LogP contribution in [0.5, 0.6) is 0 Å². The number of rotatable bonds is 6. The molecule has 0 spiro atoms. The Balaban J connectivity index is 4.77. The molecule has 0 rings (SSSR count). The number of esters is 1.